The largest absolute Gasteiger partial charge is 0.790 e. The second-order valence-electron chi connectivity index (χ2n) is 7.00. The van der Waals surface area contributed by atoms with Gasteiger partial charge >= 0.3 is 0 Å². The van der Waals surface area contributed by atoms with Gasteiger partial charge in [-0.05, 0) is 6.42 Å². The molecule has 0 aromatic rings. The summed E-state index contributed by atoms with van der Waals surface area (Å²) in [6, 6.07) is 0. The third-order valence-corrected chi connectivity index (χ3v) is 1.25. The van der Waals surface area contributed by atoms with E-state index in [-0.39, 0.29) is 6.61 Å². The van der Waals surface area contributed by atoms with Crippen molar-refractivity contribution in [3.63, 3.8) is 0 Å². The third kappa shape index (κ3) is 127. The van der Waals surface area contributed by atoms with Crippen LogP contribution in [-0.2, 0) is 9.09 Å². The summed E-state index contributed by atoms with van der Waals surface area (Å²) in [5, 5.41) is 0. The minimum atomic E-state index is -4.70. The smallest absolute Gasteiger partial charge is 0.0675 e. The second-order valence-corrected chi connectivity index (χ2v) is 8.15. The molecule has 0 aromatic heterocycles. The molecule has 19 heavy (non-hydrogen) atoms. The lowest BCUT2D eigenvalue weighted by Gasteiger charge is -2.28. The van der Waals surface area contributed by atoms with Crippen molar-refractivity contribution in [2.24, 2.45) is 0 Å². The van der Waals surface area contributed by atoms with Crippen LogP contribution in [0.4, 0.5) is 0 Å². The molecule has 0 aliphatic carbocycles. The van der Waals surface area contributed by atoms with Gasteiger partial charge in [0.1, 0.15) is 0 Å². The molecule has 6 nitrogen and oxygen atoms in total. The molecule has 0 N–H and O–H groups in total. The van der Waals surface area contributed by atoms with Gasteiger partial charge in [-0.15, -0.1) is 0 Å². The molecule has 0 bridgehead atoms. The standard InChI is InChI=1S/2C4H12N.C4H11O4P/c2*1-5(2,3)4;1-2-3-4-8-9(5,6)7/h2*1-4H3;2-4H2,1H3,(H2,5,6,7)/q2*+1;/p-2. The molecule has 0 atom stereocenters. The van der Waals surface area contributed by atoms with E-state index in [0.29, 0.717) is 6.42 Å². The lowest BCUT2D eigenvalue weighted by atomic mass is 10.4. The average Bonchev–Trinajstić information content (AvgIpc) is 1.94. The lowest BCUT2D eigenvalue weighted by Crippen LogP contribution is -2.27. The van der Waals surface area contributed by atoms with E-state index in [9.17, 15) is 14.4 Å². The van der Waals surface area contributed by atoms with Gasteiger partial charge in [-0.3, -0.25) is 0 Å². The number of hydrogen-bond acceptors (Lipinski definition) is 4. The number of quaternary nitrogens is 2. The Labute approximate surface area is 119 Å². The van der Waals surface area contributed by atoms with Gasteiger partial charge in [-0.25, -0.2) is 0 Å². The van der Waals surface area contributed by atoms with E-state index in [1.54, 1.807) is 0 Å². The first kappa shape index (κ1) is 24.1. The summed E-state index contributed by atoms with van der Waals surface area (Å²) < 4.78 is 15.7. The van der Waals surface area contributed by atoms with E-state index in [1.165, 1.54) is 0 Å². The molecule has 7 heteroatoms. The fourth-order valence-corrected chi connectivity index (χ4v) is 0.673. The van der Waals surface area contributed by atoms with E-state index >= 15 is 0 Å². The molecule has 0 amide bonds. The minimum absolute atomic E-state index is 0.0147. The van der Waals surface area contributed by atoms with Crippen LogP contribution in [0.1, 0.15) is 19.8 Å². The number of unbranched alkanes of at least 4 members (excludes halogenated alkanes) is 1. The van der Waals surface area contributed by atoms with Crippen molar-refractivity contribution in [2.75, 3.05) is 63.0 Å². The number of nitrogens with zero attached hydrogens (tertiary/aromatic N) is 2. The molecular weight excluding hydrogens is 267 g/mol. The van der Waals surface area contributed by atoms with Gasteiger partial charge in [-0.2, -0.15) is 0 Å². The van der Waals surface area contributed by atoms with Gasteiger partial charge < -0.3 is 27.8 Å². The van der Waals surface area contributed by atoms with Gasteiger partial charge in [0.05, 0.1) is 70.8 Å². The van der Waals surface area contributed by atoms with Crippen molar-refractivity contribution < 1.29 is 27.8 Å². The highest BCUT2D eigenvalue weighted by atomic mass is 31.2. The van der Waals surface area contributed by atoms with Gasteiger partial charge in [0.2, 0.25) is 0 Å². The monoisotopic (exact) mass is 300 g/mol. The fraction of sp³-hybridized carbons (Fsp3) is 1.00. The molecule has 0 rings (SSSR count). The molecule has 0 aliphatic heterocycles. The number of hydrogen-bond donors (Lipinski definition) is 0. The molecule has 0 aromatic carbocycles. The molecule has 0 fully saturated rings. The Kier molecular flexibility index (Phi) is 13.7. The van der Waals surface area contributed by atoms with Crippen LogP contribution in [0.15, 0.2) is 0 Å². The molecule has 0 spiro atoms. The highest BCUT2D eigenvalue weighted by Crippen LogP contribution is 2.24. The summed E-state index contributed by atoms with van der Waals surface area (Å²) >= 11 is 0. The van der Waals surface area contributed by atoms with Crippen molar-refractivity contribution in [3.05, 3.63) is 0 Å². The zero-order valence-electron chi connectivity index (χ0n) is 14.1. The van der Waals surface area contributed by atoms with Gasteiger partial charge in [0, 0.05) is 0 Å². The van der Waals surface area contributed by atoms with Crippen molar-refractivity contribution in [1.82, 2.24) is 0 Å². The Balaban J connectivity index is -0.000000219. The van der Waals surface area contributed by atoms with E-state index in [1.807, 2.05) is 6.92 Å². The van der Waals surface area contributed by atoms with Crippen LogP contribution in [0.3, 0.4) is 0 Å². The van der Waals surface area contributed by atoms with E-state index in [2.05, 4.69) is 60.9 Å². The summed E-state index contributed by atoms with van der Waals surface area (Å²) in [7, 11) is 12.3. The van der Waals surface area contributed by atoms with Crippen LogP contribution in [0, 0.1) is 0 Å². The quantitative estimate of drug-likeness (QED) is 0.424. The Hall–Kier alpha value is 0.0300. The van der Waals surface area contributed by atoms with Gasteiger partial charge in [-0.1, -0.05) is 13.3 Å². The summed E-state index contributed by atoms with van der Waals surface area (Å²) in [5.41, 5.74) is 0. The van der Waals surface area contributed by atoms with Crippen molar-refractivity contribution in [2.45, 2.75) is 19.8 Å². The van der Waals surface area contributed by atoms with Crippen LogP contribution < -0.4 is 9.79 Å². The van der Waals surface area contributed by atoms with Crippen LogP contribution in [0.25, 0.3) is 0 Å². The first-order chi connectivity index (χ1) is 8.06. The molecule has 120 valence electrons. The zero-order valence-corrected chi connectivity index (χ0v) is 15.0. The number of phosphoric acid groups is 1. The molecule has 0 aliphatic rings. The highest BCUT2D eigenvalue weighted by Gasteiger charge is 1.89. The molecule has 0 radical (unpaired) electrons. The first-order valence-electron chi connectivity index (χ1n) is 6.30. The Morgan fingerprint density at radius 1 is 0.895 bits per heavy atom. The Morgan fingerprint density at radius 2 is 1.16 bits per heavy atom. The van der Waals surface area contributed by atoms with E-state index < -0.39 is 7.82 Å². The second kappa shape index (κ2) is 10.8. The van der Waals surface area contributed by atoms with Crippen LogP contribution >= 0.6 is 7.82 Å². The van der Waals surface area contributed by atoms with Gasteiger partial charge in [0.15, 0.2) is 0 Å². The summed E-state index contributed by atoms with van der Waals surface area (Å²) in [4.78, 5) is 19.5. The van der Waals surface area contributed by atoms with E-state index in [4.69, 9.17) is 0 Å². The third-order valence-electron chi connectivity index (χ3n) is 0.747. The maximum absolute atomic E-state index is 9.76. The van der Waals surface area contributed by atoms with E-state index in [0.717, 1.165) is 15.4 Å². The van der Waals surface area contributed by atoms with Crippen molar-refractivity contribution >= 4 is 7.82 Å². The number of rotatable bonds is 4. The number of phosphoric ester groups is 1. The SMILES string of the molecule is CCCCOP(=O)([O-])[O-].C[N+](C)(C)C.C[N+](C)(C)C. The van der Waals surface area contributed by atoms with Crippen LogP contribution in [0.2, 0.25) is 0 Å². The minimum Gasteiger partial charge on any atom is -0.790 e. The highest BCUT2D eigenvalue weighted by molar-refractivity contribution is 7.43. The van der Waals surface area contributed by atoms with Crippen LogP contribution in [0.5, 0.6) is 0 Å². The molecule has 0 saturated carbocycles. The topological polar surface area (TPSA) is 72.4 Å². The lowest BCUT2D eigenvalue weighted by molar-refractivity contribution is -0.849. The van der Waals surface area contributed by atoms with Gasteiger partial charge in [0.25, 0.3) is 0 Å². The average molecular weight is 300 g/mol. The van der Waals surface area contributed by atoms with Crippen molar-refractivity contribution in [1.29, 1.82) is 0 Å². The summed E-state index contributed by atoms with van der Waals surface area (Å²) in [5.74, 6) is 0. The van der Waals surface area contributed by atoms with Crippen molar-refractivity contribution in [3.8, 4) is 0 Å². The molecule has 0 unspecified atom stereocenters. The summed E-state index contributed by atoms with van der Waals surface area (Å²) in [6.45, 7) is 1.89. The molecule has 0 heterocycles. The first-order valence-corrected chi connectivity index (χ1v) is 7.76. The fourth-order valence-electron chi connectivity index (χ4n) is 0.321. The maximum Gasteiger partial charge on any atom is 0.0675 e. The predicted octanol–water partition coefficient (Wildman–Crippen LogP) is 0.277. The molecular formula is C12H33N2O4P. The normalized spacial score (nSPS) is 11.9. The summed E-state index contributed by atoms with van der Waals surface area (Å²) in [6.07, 6.45) is 1.43. The zero-order chi connectivity index (χ0) is 16.3. The maximum atomic E-state index is 9.76. The Bertz CT molecular complexity index is 217. The van der Waals surface area contributed by atoms with Crippen LogP contribution in [-0.4, -0.2) is 72.0 Å². The Morgan fingerprint density at radius 3 is 1.32 bits per heavy atom. The molecule has 0 saturated heterocycles. The predicted molar refractivity (Wildman–Crippen MR) is 76.4 cm³/mol.